The fraction of sp³-hybridized carbons (Fsp3) is 0.667. The van der Waals surface area contributed by atoms with Crippen LogP contribution < -0.4 is 0 Å². The summed E-state index contributed by atoms with van der Waals surface area (Å²) in [6, 6.07) is 0. The summed E-state index contributed by atoms with van der Waals surface area (Å²) in [4.78, 5) is -0.549. The molecule has 0 nitrogen and oxygen atoms in total. The van der Waals surface area contributed by atoms with Gasteiger partial charge in [-0.2, -0.15) is 0 Å². The van der Waals surface area contributed by atoms with Crippen LogP contribution in [0, 0.1) is 6.92 Å². The van der Waals surface area contributed by atoms with Crippen LogP contribution in [0.5, 0.6) is 0 Å². The molecule has 0 spiro atoms. The average molecular weight is 146 g/mol. The number of alkyl halides is 3. The van der Waals surface area contributed by atoms with Gasteiger partial charge in [0.25, 0.3) is 0 Å². The van der Waals surface area contributed by atoms with Crippen molar-refractivity contribution in [2.45, 2.75) is 10.2 Å². The van der Waals surface area contributed by atoms with Gasteiger partial charge in [0.2, 0.25) is 0 Å². The lowest BCUT2D eigenvalue weighted by Gasteiger charge is -1.97. The lowest BCUT2D eigenvalue weighted by molar-refractivity contribution is 1.16. The van der Waals surface area contributed by atoms with E-state index in [1.54, 1.807) is 0 Å². The summed E-state index contributed by atoms with van der Waals surface area (Å²) in [5.74, 6) is 0. The maximum absolute atomic E-state index is 5.24. The molecule has 0 aromatic rings. The molecule has 0 bridgehead atoms. The lowest BCUT2D eigenvalue weighted by Crippen LogP contribution is -2.00. The van der Waals surface area contributed by atoms with Gasteiger partial charge in [0.15, 0.2) is 0 Å². The summed E-state index contributed by atoms with van der Waals surface area (Å²) in [5.41, 5.74) is 0. The minimum absolute atomic E-state index is 0.395. The first kappa shape index (κ1) is 6.87. The second-order valence-electron chi connectivity index (χ2n) is 0.850. The van der Waals surface area contributed by atoms with Crippen molar-refractivity contribution >= 4 is 34.8 Å². The van der Waals surface area contributed by atoms with Crippen molar-refractivity contribution in [1.82, 2.24) is 0 Å². The molecule has 0 N–H and O–H groups in total. The average Bonchev–Trinajstić information content (AvgIpc) is 1.36. The zero-order valence-electron chi connectivity index (χ0n) is 3.00. The van der Waals surface area contributed by atoms with Gasteiger partial charge in [0.1, 0.15) is 4.84 Å². The molecule has 1 unspecified atom stereocenters. The quantitative estimate of drug-likeness (QED) is 0.498. The molecule has 0 amide bonds. The first-order valence-electron chi connectivity index (χ1n) is 1.40. The van der Waals surface area contributed by atoms with Crippen LogP contribution in [0.4, 0.5) is 0 Å². The third kappa shape index (κ3) is 3.08. The van der Waals surface area contributed by atoms with Gasteiger partial charge >= 0.3 is 0 Å². The van der Waals surface area contributed by atoms with Crippen LogP contribution in [0.1, 0.15) is 0 Å². The van der Waals surface area contributed by atoms with E-state index in [4.69, 9.17) is 34.8 Å². The van der Waals surface area contributed by atoms with Crippen molar-refractivity contribution in [1.29, 1.82) is 0 Å². The van der Waals surface area contributed by atoms with Gasteiger partial charge in [-0.1, -0.05) is 0 Å². The van der Waals surface area contributed by atoms with Crippen LogP contribution in [-0.2, 0) is 0 Å². The molecule has 1 atom stereocenters. The minimum Gasteiger partial charge on any atom is -0.120 e. The number of hydrogen-bond acceptors (Lipinski definition) is 0. The van der Waals surface area contributed by atoms with Gasteiger partial charge in [0.05, 0.1) is 5.38 Å². The monoisotopic (exact) mass is 145 g/mol. The van der Waals surface area contributed by atoms with Crippen LogP contribution in [-0.4, -0.2) is 10.2 Å². The third-order valence-electron chi connectivity index (χ3n) is 0.273. The largest absolute Gasteiger partial charge is 0.124 e. The summed E-state index contributed by atoms with van der Waals surface area (Å²) < 4.78 is 0. The van der Waals surface area contributed by atoms with Crippen LogP contribution in [0.15, 0.2) is 0 Å². The van der Waals surface area contributed by atoms with E-state index in [1.165, 1.54) is 0 Å². The molecule has 37 valence electrons. The van der Waals surface area contributed by atoms with Crippen molar-refractivity contribution < 1.29 is 0 Å². The van der Waals surface area contributed by atoms with Crippen molar-refractivity contribution in [3.63, 3.8) is 0 Å². The van der Waals surface area contributed by atoms with Gasteiger partial charge in [-0.15, -0.1) is 34.8 Å². The van der Waals surface area contributed by atoms with Crippen molar-refractivity contribution in [3.05, 3.63) is 6.92 Å². The van der Waals surface area contributed by atoms with Crippen molar-refractivity contribution in [3.8, 4) is 0 Å². The first-order chi connectivity index (χ1) is 2.64. The van der Waals surface area contributed by atoms with E-state index in [0.717, 1.165) is 0 Å². The fourth-order valence-corrected chi connectivity index (χ4v) is 0. The van der Waals surface area contributed by atoms with Crippen LogP contribution in [0.2, 0.25) is 0 Å². The second kappa shape index (κ2) is 2.95. The van der Waals surface area contributed by atoms with Crippen molar-refractivity contribution in [2.75, 3.05) is 0 Å². The number of hydrogen-bond donors (Lipinski definition) is 0. The highest BCUT2D eigenvalue weighted by atomic mass is 35.5. The molecule has 0 aliphatic heterocycles. The normalized spacial score (nSPS) is 15.5. The third-order valence-corrected chi connectivity index (χ3v) is 1.39. The van der Waals surface area contributed by atoms with Crippen molar-refractivity contribution in [2.24, 2.45) is 0 Å². The summed E-state index contributed by atoms with van der Waals surface area (Å²) >= 11 is 15.6. The molecular weight excluding hydrogens is 142 g/mol. The van der Waals surface area contributed by atoms with Gasteiger partial charge in [-0.3, -0.25) is 0 Å². The Balaban J connectivity index is 2.99. The standard InChI is InChI=1S/C3H4Cl3/c1-2(4)3(5)6/h2-3H,1H2. The molecule has 0 rings (SSSR count). The van der Waals surface area contributed by atoms with E-state index < -0.39 is 10.2 Å². The van der Waals surface area contributed by atoms with Crippen LogP contribution in [0.25, 0.3) is 0 Å². The SMILES string of the molecule is [CH2]C(Cl)C(Cl)Cl. The molecule has 0 aromatic carbocycles. The molecule has 3 heteroatoms. The van der Waals surface area contributed by atoms with E-state index in [9.17, 15) is 0 Å². The van der Waals surface area contributed by atoms with Crippen LogP contribution >= 0.6 is 34.8 Å². The van der Waals surface area contributed by atoms with Gasteiger partial charge in [0, 0.05) is 0 Å². The molecule has 1 radical (unpaired) electrons. The predicted molar refractivity (Wildman–Crippen MR) is 30.5 cm³/mol. The summed E-state index contributed by atoms with van der Waals surface area (Å²) in [5, 5.41) is -0.395. The van der Waals surface area contributed by atoms with Crippen LogP contribution in [0.3, 0.4) is 0 Å². The van der Waals surface area contributed by atoms with E-state index in [0.29, 0.717) is 0 Å². The smallest absolute Gasteiger partial charge is 0.120 e. The van der Waals surface area contributed by atoms with Gasteiger partial charge in [-0.05, 0) is 6.92 Å². The minimum atomic E-state index is -0.549. The van der Waals surface area contributed by atoms with E-state index in [-0.39, 0.29) is 0 Å². The fourth-order valence-electron chi connectivity index (χ4n) is 0. The Morgan fingerprint density at radius 1 is 1.17 bits per heavy atom. The predicted octanol–water partition coefficient (Wildman–Crippen LogP) is 2.23. The molecule has 0 aliphatic rings. The van der Waals surface area contributed by atoms with E-state index in [2.05, 4.69) is 6.92 Å². The van der Waals surface area contributed by atoms with Gasteiger partial charge in [-0.25, -0.2) is 0 Å². The maximum atomic E-state index is 5.24. The molecule has 0 fully saturated rings. The lowest BCUT2D eigenvalue weighted by atomic mass is 10.6. The maximum Gasteiger partial charge on any atom is 0.124 e. The molecule has 0 saturated carbocycles. The zero-order valence-corrected chi connectivity index (χ0v) is 5.26. The molecular formula is C3H4Cl3. The highest BCUT2D eigenvalue weighted by Gasteiger charge is 2.04. The molecule has 0 saturated heterocycles. The first-order valence-corrected chi connectivity index (χ1v) is 2.71. The zero-order chi connectivity index (χ0) is 5.15. The Labute approximate surface area is 52.4 Å². The molecule has 0 aliphatic carbocycles. The Morgan fingerprint density at radius 3 is 1.33 bits per heavy atom. The highest BCUT2D eigenvalue weighted by Crippen LogP contribution is 2.11. The molecule has 0 aromatic heterocycles. The number of halogens is 3. The molecule has 0 heterocycles. The number of rotatable bonds is 1. The Hall–Kier alpha value is 0.870. The summed E-state index contributed by atoms with van der Waals surface area (Å²) in [6.07, 6.45) is 0. The Bertz CT molecular complexity index is 27.0. The highest BCUT2D eigenvalue weighted by molar-refractivity contribution is 6.48. The second-order valence-corrected chi connectivity index (χ2v) is 2.57. The van der Waals surface area contributed by atoms with E-state index >= 15 is 0 Å². The van der Waals surface area contributed by atoms with E-state index in [1.807, 2.05) is 0 Å². The Kier molecular flexibility index (Phi) is 3.38. The molecule has 6 heavy (non-hydrogen) atoms. The Morgan fingerprint density at radius 2 is 1.33 bits per heavy atom. The summed E-state index contributed by atoms with van der Waals surface area (Å²) in [7, 11) is 0. The topological polar surface area (TPSA) is 0 Å². The summed E-state index contributed by atoms with van der Waals surface area (Å²) in [6.45, 7) is 3.34. The van der Waals surface area contributed by atoms with Gasteiger partial charge < -0.3 is 0 Å².